The average Bonchev–Trinajstić information content (AvgIpc) is 3.16. The standard InChI is InChI=1S/C26H30N4O2/c1-4-29-14-15-30(26(32)24-27-12-13-28(24)3)18-22(25(29)31)17-20-9-7-10-21(16-20)23-11-6-5-8-19(23)2/h5-13,16,22H,4,14-15,17-18H2,1-3H3. The molecule has 6 heteroatoms. The van der Waals surface area contributed by atoms with Crippen LogP contribution in [0.15, 0.2) is 60.9 Å². The number of rotatable bonds is 5. The molecule has 3 aromatic rings. The van der Waals surface area contributed by atoms with E-state index in [1.807, 2.05) is 37.1 Å². The highest BCUT2D eigenvalue weighted by molar-refractivity contribution is 5.91. The molecule has 0 saturated carbocycles. The number of aryl methyl sites for hydroxylation is 2. The fourth-order valence-corrected chi connectivity index (χ4v) is 4.46. The topological polar surface area (TPSA) is 58.4 Å². The largest absolute Gasteiger partial charge is 0.341 e. The Morgan fingerprint density at radius 1 is 1.12 bits per heavy atom. The Morgan fingerprint density at radius 2 is 1.94 bits per heavy atom. The molecular formula is C26H30N4O2. The van der Waals surface area contributed by atoms with E-state index in [1.54, 1.807) is 21.9 Å². The van der Waals surface area contributed by atoms with Gasteiger partial charge in [0.05, 0.1) is 5.92 Å². The Labute approximate surface area is 189 Å². The van der Waals surface area contributed by atoms with Crippen molar-refractivity contribution < 1.29 is 9.59 Å². The van der Waals surface area contributed by atoms with Crippen LogP contribution in [0.1, 0.15) is 28.7 Å². The van der Waals surface area contributed by atoms with Crippen LogP contribution in [0.5, 0.6) is 0 Å². The number of amides is 2. The molecular weight excluding hydrogens is 400 g/mol. The highest BCUT2D eigenvalue weighted by atomic mass is 16.2. The molecule has 2 heterocycles. The first kappa shape index (κ1) is 21.8. The Hall–Kier alpha value is -3.41. The van der Waals surface area contributed by atoms with Crippen molar-refractivity contribution >= 4 is 11.8 Å². The van der Waals surface area contributed by atoms with Gasteiger partial charge in [0.15, 0.2) is 5.82 Å². The van der Waals surface area contributed by atoms with Crippen molar-refractivity contribution in [3.05, 3.63) is 77.9 Å². The summed E-state index contributed by atoms with van der Waals surface area (Å²) in [6.45, 7) is 6.20. The van der Waals surface area contributed by atoms with Gasteiger partial charge in [0.1, 0.15) is 0 Å². The van der Waals surface area contributed by atoms with Crippen LogP contribution in [0.2, 0.25) is 0 Å². The van der Waals surface area contributed by atoms with Crippen molar-refractivity contribution in [2.45, 2.75) is 20.3 Å². The van der Waals surface area contributed by atoms with Gasteiger partial charge in [-0.3, -0.25) is 9.59 Å². The minimum Gasteiger partial charge on any atom is -0.341 e. The predicted molar refractivity (Wildman–Crippen MR) is 125 cm³/mol. The number of imidazole rings is 1. The van der Waals surface area contributed by atoms with Crippen molar-refractivity contribution in [3.63, 3.8) is 0 Å². The van der Waals surface area contributed by atoms with Crippen molar-refractivity contribution in [2.24, 2.45) is 13.0 Å². The molecule has 166 valence electrons. The van der Waals surface area contributed by atoms with Crippen molar-refractivity contribution in [1.29, 1.82) is 0 Å². The molecule has 1 fully saturated rings. The SMILES string of the molecule is CCN1CCN(C(=O)c2nccn2C)CC(Cc2cccc(-c3ccccc3C)c2)C1=O. The minimum atomic E-state index is -0.284. The summed E-state index contributed by atoms with van der Waals surface area (Å²) < 4.78 is 1.73. The number of benzene rings is 2. The fraction of sp³-hybridized carbons (Fsp3) is 0.346. The number of carbonyl (C=O) groups is 2. The summed E-state index contributed by atoms with van der Waals surface area (Å²) in [5, 5.41) is 0. The molecule has 1 aliphatic heterocycles. The van der Waals surface area contributed by atoms with Gasteiger partial charge in [-0.15, -0.1) is 0 Å². The van der Waals surface area contributed by atoms with Gasteiger partial charge >= 0.3 is 0 Å². The molecule has 32 heavy (non-hydrogen) atoms. The highest BCUT2D eigenvalue weighted by Crippen LogP contribution is 2.26. The normalized spacial score (nSPS) is 16.8. The van der Waals surface area contributed by atoms with Crippen LogP contribution < -0.4 is 0 Å². The van der Waals surface area contributed by atoms with Gasteiger partial charge in [0.2, 0.25) is 5.91 Å². The first-order chi connectivity index (χ1) is 15.5. The van der Waals surface area contributed by atoms with E-state index in [1.165, 1.54) is 11.1 Å². The van der Waals surface area contributed by atoms with Gasteiger partial charge < -0.3 is 14.4 Å². The van der Waals surface area contributed by atoms with Gasteiger partial charge in [-0.2, -0.15) is 0 Å². The molecule has 1 aliphatic rings. The van der Waals surface area contributed by atoms with Gasteiger partial charge in [-0.1, -0.05) is 48.5 Å². The van der Waals surface area contributed by atoms with E-state index in [9.17, 15) is 9.59 Å². The van der Waals surface area contributed by atoms with Crippen molar-refractivity contribution in [1.82, 2.24) is 19.4 Å². The number of nitrogens with zero attached hydrogens (tertiary/aromatic N) is 4. The molecule has 1 unspecified atom stereocenters. The van der Waals surface area contributed by atoms with Gasteiger partial charge in [-0.25, -0.2) is 4.98 Å². The maximum atomic E-state index is 13.3. The molecule has 2 aromatic carbocycles. The third kappa shape index (κ3) is 4.44. The second-order valence-electron chi connectivity index (χ2n) is 8.45. The summed E-state index contributed by atoms with van der Waals surface area (Å²) in [6.07, 6.45) is 3.99. The lowest BCUT2D eigenvalue weighted by Crippen LogP contribution is -2.38. The number of hydrogen-bond donors (Lipinski definition) is 0. The monoisotopic (exact) mass is 430 g/mol. The molecule has 0 aliphatic carbocycles. The summed E-state index contributed by atoms with van der Waals surface area (Å²) in [5.41, 5.74) is 4.67. The summed E-state index contributed by atoms with van der Waals surface area (Å²) >= 11 is 0. The van der Waals surface area contributed by atoms with E-state index in [0.29, 0.717) is 38.4 Å². The molecule has 2 amide bonds. The summed E-state index contributed by atoms with van der Waals surface area (Å²) in [4.78, 5) is 34.3. The summed E-state index contributed by atoms with van der Waals surface area (Å²) in [5.74, 6) is 0.113. The lowest BCUT2D eigenvalue weighted by atomic mass is 9.93. The zero-order valence-electron chi connectivity index (χ0n) is 19.0. The maximum Gasteiger partial charge on any atom is 0.289 e. The average molecular weight is 431 g/mol. The van der Waals surface area contributed by atoms with Crippen molar-refractivity contribution in [3.8, 4) is 11.1 Å². The van der Waals surface area contributed by atoms with Crippen LogP contribution >= 0.6 is 0 Å². The van der Waals surface area contributed by atoms with Gasteiger partial charge in [-0.05, 0) is 42.5 Å². The molecule has 0 radical (unpaired) electrons. The van der Waals surface area contributed by atoms with E-state index in [2.05, 4.69) is 42.2 Å². The molecule has 0 spiro atoms. The summed E-state index contributed by atoms with van der Waals surface area (Å²) in [7, 11) is 1.82. The second kappa shape index (κ2) is 9.39. The van der Waals surface area contributed by atoms with Gasteiger partial charge in [0.25, 0.3) is 5.91 Å². The third-order valence-electron chi connectivity index (χ3n) is 6.29. The van der Waals surface area contributed by atoms with Crippen LogP contribution in [0.25, 0.3) is 11.1 Å². The second-order valence-corrected chi connectivity index (χ2v) is 8.45. The molecule has 6 nitrogen and oxygen atoms in total. The Morgan fingerprint density at radius 3 is 2.66 bits per heavy atom. The smallest absolute Gasteiger partial charge is 0.289 e. The molecule has 1 aromatic heterocycles. The van der Waals surface area contributed by atoms with E-state index < -0.39 is 0 Å². The molecule has 0 N–H and O–H groups in total. The number of likely N-dealkylation sites (N-methyl/N-ethyl adjacent to an activating group) is 1. The molecule has 1 saturated heterocycles. The van der Waals surface area contributed by atoms with Crippen LogP contribution in [-0.2, 0) is 18.3 Å². The number of aromatic nitrogens is 2. The van der Waals surface area contributed by atoms with Crippen molar-refractivity contribution in [2.75, 3.05) is 26.2 Å². The van der Waals surface area contributed by atoms with Crippen LogP contribution in [0, 0.1) is 12.8 Å². The Bertz CT molecular complexity index is 1120. The third-order valence-corrected chi connectivity index (χ3v) is 6.29. The first-order valence-corrected chi connectivity index (χ1v) is 11.2. The van der Waals surface area contributed by atoms with E-state index in [-0.39, 0.29) is 17.7 Å². The van der Waals surface area contributed by atoms with E-state index in [0.717, 1.165) is 11.1 Å². The maximum absolute atomic E-state index is 13.3. The lowest BCUT2D eigenvalue weighted by Gasteiger charge is -2.23. The lowest BCUT2D eigenvalue weighted by molar-refractivity contribution is -0.134. The number of hydrogen-bond acceptors (Lipinski definition) is 3. The molecule has 0 bridgehead atoms. The Balaban J connectivity index is 1.60. The minimum absolute atomic E-state index is 0.115. The summed E-state index contributed by atoms with van der Waals surface area (Å²) in [6, 6.07) is 16.7. The first-order valence-electron chi connectivity index (χ1n) is 11.2. The Kier molecular flexibility index (Phi) is 6.40. The van der Waals surface area contributed by atoms with E-state index >= 15 is 0 Å². The zero-order chi connectivity index (χ0) is 22.7. The van der Waals surface area contributed by atoms with Crippen LogP contribution in [-0.4, -0.2) is 57.3 Å². The van der Waals surface area contributed by atoms with E-state index in [4.69, 9.17) is 0 Å². The van der Waals surface area contributed by atoms with Crippen LogP contribution in [0.4, 0.5) is 0 Å². The van der Waals surface area contributed by atoms with Crippen LogP contribution in [0.3, 0.4) is 0 Å². The molecule has 1 atom stereocenters. The molecule has 4 rings (SSSR count). The zero-order valence-corrected chi connectivity index (χ0v) is 19.0. The predicted octanol–water partition coefficient (Wildman–Crippen LogP) is 3.56. The highest BCUT2D eigenvalue weighted by Gasteiger charge is 2.33. The van der Waals surface area contributed by atoms with Gasteiger partial charge in [0, 0.05) is 45.6 Å². The quantitative estimate of drug-likeness (QED) is 0.622. The number of carbonyl (C=O) groups excluding carboxylic acids is 2. The fourth-order valence-electron chi connectivity index (χ4n) is 4.46.